The first-order valence-corrected chi connectivity index (χ1v) is 15.5. The third kappa shape index (κ3) is 11.7. The number of alkyl halides is 3. The second kappa shape index (κ2) is 18.7. The third-order valence-electron chi connectivity index (χ3n) is 5.98. The number of nitrogens with two attached hydrogens (primary N) is 1. The molecule has 0 fully saturated rings. The number of aromatic nitrogens is 2. The third-order valence-corrected chi connectivity index (χ3v) is 7.74. The van der Waals surface area contributed by atoms with Gasteiger partial charge < -0.3 is 0 Å². The number of nitrogens with zero attached hydrogens (tertiary/aromatic N) is 2. The van der Waals surface area contributed by atoms with Crippen LogP contribution in [0.3, 0.4) is 0 Å². The van der Waals surface area contributed by atoms with Crippen LogP contribution in [-0.4, -0.2) is 56.0 Å². The molecule has 2 heterocycles. The van der Waals surface area contributed by atoms with Crippen molar-refractivity contribution in [2.24, 2.45) is 5.92 Å². The molecular formula is C31H42F3N5O2Se. The van der Waals surface area contributed by atoms with Crippen LogP contribution in [0, 0.1) is 17.8 Å². The molecule has 7 nitrogen and oxygen atoms in total. The number of anilines is 2. The molecule has 4 N–H and O–H groups in total. The summed E-state index contributed by atoms with van der Waals surface area (Å²) in [6.45, 7) is 12.4. The van der Waals surface area contributed by atoms with Crippen LogP contribution in [-0.2, 0) is 0 Å². The van der Waals surface area contributed by atoms with Gasteiger partial charge in [-0.1, -0.05) is 46.6 Å². The normalized spacial score (nSPS) is 11.1. The zero-order chi connectivity index (χ0) is 31.7. The molecule has 0 spiro atoms. The Kier molecular flexibility index (Phi) is 16.3. The van der Waals surface area contributed by atoms with Gasteiger partial charge in [0.1, 0.15) is 0 Å². The number of unbranched alkanes of at least 4 members (excludes halogenated alkanes) is 1. The summed E-state index contributed by atoms with van der Waals surface area (Å²) >= 11 is -1.80. The minimum absolute atomic E-state index is 0.0594. The SMILES string of the molecule is C=CCCC[C@@H](C)CC.CC.CNC(=O)c1ccc(NCC#Cc2cc3c(N)nccn3c2[Se]C(F)(F)F)c(OC)c1. The Morgan fingerprint density at radius 1 is 1.31 bits per heavy atom. The van der Waals surface area contributed by atoms with Crippen molar-refractivity contribution in [3.63, 3.8) is 0 Å². The van der Waals surface area contributed by atoms with E-state index < -0.39 is 20.0 Å². The molecular weight excluding hydrogens is 610 g/mol. The summed E-state index contributed by atoms with van der Waals surface area (Å²) in [5, 5.41) is 1.23. The van der Waals surface area contributed by atoms with Gasteiger partial charge >= 0.3 is 175 Å². The van der Waals surface area contributed by atoms with Crippen molar-refractivity contribution in [2.45, 2.75) is 58.5 Å². The summed E-state index contributed by atoms with van der Waals surface area (Å²) in [7, 11) is 3.00. The van der Waals surface area contributed by atoms with E-state index in [1.165, 1.54) is 62.7 Å². The molecule has 2 aromatic heterocycles. The van der Waals surface area contributed by atoms with Crippen LogP contribution in [0.4, 0.5) is 24.7 Å². The molecule has 0 radical (unpaired) electrons. The number of amides is 1. The van der Waals surface area contributed by atoms with Crippen molar-refractivity contribution in [1.82, 2.24) is 14.7 Å². The molecule has 11 heteroatoms. The Bertz CT molecular complexity index is 1350. The summed E-state index contributed by atoms with van der Waals surface area (Å²) in [6, 6.07) is 6.38. The van der Waals surface area contributed by atoms with Crippen molar-refractivity contribution < 1.29 is 22.7 Å². The molecule has 3 aromatic rings. The van der Waals surface area contributed by atoms with E-state index in [0.717, 1.165) is 5.92 Å². The summed E-state index contributed by atoms with van der Waals surface area (Å²) in [4.78, 5) is 15.7. The number of hydrogen-bond donors (Lipinski definition) is 3. The molecule has 0 saturated carbocycles. The van der Waals surface area contributed by atoms with Crippen molar-refractivity contribution in [2.75, 3.05) is 31.8 Å². The van der Waals surface area contributed by atoms with Crippen LogP contribution in [0.15, 0.2) is 49.3 Å². The Labute approximate surface area is 253 Å². The number of methoxy groups -OCH3 is 1. The van der Waals surface area contributed by atoms with Gasteiger partial charge in [0, 0.05) is 7.05 Å². The first kappa shape index (κ1) is 36.4. The maximum absolute atomic E-state index is 13.1. The first-order chi connectivity index (χ1) is 20.0. The molecule has 0 aliphatic heterocycles. The number of carbonyl (C=O) groups is 1. The maximum atomic E-state index is 13.1. The first-order valence-electron chi connectivity index (χ1n) is 13.8. The van der Waals surface area contributed by atoms with Crippen molar-refractivity contribution >= 4 is 42.5 Å². The van der Waals surface area contributed by atoms with E-state index in [1.807, 2.05) is 19.9 Å². The fourth-order valence-corrected chi connectivity index (χ4v) is 5.08. The fraction of sp³-hybridized carbons (Fsp3) is 0.419. The van der Waals surface area contributed by atoms with E-state index in [9.17, 15) is 18.0 Å². The molecule has 0 saturated heterocycles. The Morgan fingerprint density at radius 2 is 2.02 bits per heavy atom. The van der Waals surface area contributed by atoms with Crippen LogP contribution in [0.5, 0.6) is 5.75 Å². The van der Waals surface area contributed by atoms with Crippen LogP contribution >= 0.6 is 0 Å². The summed E-state index contributed by atoms with van der Waals surface area (Å²) < 4.78 is 46.0. The number of rotatable bonds is 10. The van der Waals surface area contributed by atoms with Gasteiger partial charge in [-0.2, -0.15) is 0 Å². The van der Waals surface area contributed by atoms with Gasteiger partial charge in [-0.05, 0) is 18.8 Å². The predicted octanol–water partition coefficient (Wildman–Crippen LogP) is 6.01. The zero-order valence-electron chi connectivity index (χ0n) is 25.2. The number of hydrogen-bond acceptors (Lipinski definition) is 5. The van der Waals surface area contributed by atoms with Gasteiger partial charge in [-0.15, -0.1) is 6.58 Å². The summed E-state index contributed by atoms with van der Waals surface area (Å²) in [5.41, 5.74) is 7.46. The number of allylic oxidation sites excluding steroid dienone is 1. The second-order valence-corrected chi connectivity index (χ2v) is 11.1. The van der Waals surface area contributed by atoms with E-state index >= 15 is 0 Å². The van der Waals surface area contributed by atoms with E-state index in [4.69, 9.17) is 10.5 Å². The van der Waals surface area contributed by atoms with Crippen molar-refractivity contribution in [3.8, 4) is 17.6 Å². The molecule has 1 atom stereocenters. The quantitative estimate of drug-likeness (QED) is 0.108. The van der Waals surface area contributed by atoms with Gasteiger partial charge in [-0.25, -0.2) is 0 Å². The number of carbonyl (C=O) groups excluding carboxylic acids is 1. The number of ether oxygens (including phenoxy) is 1. The zero-order valence-corrected chi connectivity index (χ0v) is 26.9. The van der Waals surface area contributed by atoms with Crippen LogP contribution in [0.25, 0.3) is 5.52 Å². The van der Waals surface area contributed by atoms with Crippen LogP contribution < -0.4 is 25.7 Å². The predicted molar refractivity (Wildman–Crippen MR) is 168 cm³/mol. The molecule has 42 heavy (non-hydrogen) atoms. The van der Waals surface area contributed by atoms with Gasteiger partial charge in [0.25, 0.3) is 0 Å². The molecule has 0 bridgehead atoms. The van der Waals surface area contributed by atoms with Crippen molar-refractivity contribution in [1.29, 1.82) is 0 Å². The number of nitrogen functional groups attached to an aromatic ring is 1. The van der Waals surface area contributed by atoms with E-state index in [-0.39, 0.29) is 28.4 Å². The van der Waals surface area contributed by atoms with Crippen LogP contribution in [0.2, 0.25) is 0 Å². The number of fused-ring (bicyclic) bond motifs is 1. The molecule has 0 unspecified atom stereocenters. The van der Waals surface area contributed by atoms with Crippen LogP contribution in [0.1, 0.15) is 69.3 Å². The summed E-state index contributed by atoms with van der Waals surface area (Å²) in [5.74, 6) is 6.85. The fourth-order valence-electron chi connectivity index (χ4n) is 3.62. The Balaban J connectivity index is 0.000000686. The van der Waals surface area contributed by atoms with Gasteiger partial charge in [0.2, 0.25) is 0 Å². The summed E-state index contributed by atoms with van der Waals surface area (Å²) in [6.07, 6.45) is 9.98. The average Bonchev–Trinajstić information content (AvgIpc) is 3.33. The van der Waals surface area contributed by atoms with Crippen molar-refractivity contribution in [3.05, 3.63) is 60.4 Å². The number of benzene rings is 1. The topological polar surface area (TPSA) is 93.7 Å². The monoisotopic (exact) mass is 653 g/mol. The number of nitrogens with one attached hydrogen (secondary N) is 2. The van der Waals surface area contributed by atoms with Gasteiger partial charge in [-0.3, -0.25) is 0 Å². The molecule has 3 rings (SSSR count). The minimum atomic E-state index is -4.34. The molecule has 230 valence electrons. The van der Waals surface area contributed by atoms with Gasteiger partial charge in [0.05, 0.1) is 0 Å². The standard InChI is InChI=1S/C20H18F3N5O2Se.C9H18.C2H6/c1-25-18(29)12-5-6-14(16(11-12)30-2)26-7-3-4-13-10-15-17(24)27-8-9-28(15)19(13)31-20(21,22)23;1-4-6-7-8-9(3)5-2;1-2/h5-6,8-11,26H,7H2,1-2H3,(H2,24,27)(H,25,29);4,9H,1,5-8H2,2-3H3;1-2H3/t;9-;/m.0./s1. The van der Waals surface area contributed by atoms with E-state index in [1.54, 1.807) is 18.2 Å². The van der Waals surface area contributed by atoms with E-state index in [0.29, 0.717) is 22.5 Å². The molecule has 1 amide bonds. The molecule has 1 aromatic carbocycles. The number of halogens is 3. The Hall–Kier alpha value is -3.61. The van der Waals surface area contributed by atoms with E-state index in [2.05, 4.69) is 47.9 Å². The molecule has 0 aliphatic carbocycles. The molecule has 0 aliphatic rings. The second-order valence-electron chi connectivity index (χ2n) is 8.86. The average molecular weight is 653 g/mol. The Morgan fingerprint density at radius 3 is 2.62 bits per heavy atom. The van der Waals surface area contributed by atoms with Gasteiger partial charge in [0.15, 0.2) is 0 Å².